The number of carbonyl (C=O) groups is 1. The number of esters is 1. The maximum Gasteiger partial charge on any atom is 0.303 e. The summed E-state index contributed by atoms with van der Waals surface area (Å²) < 4.78 is 28.1. The van der Waals surface area contributed by atoms with Crippen LogP contribution in [0.15, 0.2) is 29.2 Å². The van der Waals surface area contributed by atoms with Crippen LogP contribution in [0.1, 0.15) is 25.3 Å². The predicted molar refractivity (Wildman–Crippen MR) is 60.5 cm³/mol. The van der Waals surface area contributed by atoms with Gasteiger partial charge in [0.1, 0.15) is 5.60 Å². The van der Waals surface area contributed by atoms with Crippen LogP contribution in [0.2, 0.25) is 0 Å². The largest absolute Gasteiger partial charge is 0.454 e. The maximum atomic E-state index is 11.5. The molecule has 1 saturated carbocycles. The van der Waals surface area contributed by atoms with Gasteiger partial charge in [0.2, 0.25) is 10.0 Å². The SMILES string of the molecule is CC(=O)OC1(c2ccccc2S(N)(=O)=O)CC1. The van der Waals surface area contributed by atoms with Crippen LogP contribution >= 0.6 is 0 Å². The van der Waals surface area contributed by atoms with E-state index in [2.05, 4.69) is 0 Å². The zero-order chi connectivity index (χ0) is 12.7. The van der Waals surface area contributed by atoms with Gasteiger partial charge in [-0.2, -0.15) is 0 Å². The van der Waals surface area contributed by atoms with Gasteiger partial charge in [-0.25, -0.2) is 13.6 Å². The first-order valence-electron chi connectivity index (χ1n) is 5.17. The number of nitrogens with two attached hydrogens (primary N) is 1. The lowest BCUT2D eigenvalue weighted by atomic mass is 10.1. The Morgan fingerprint density at radius 3 is 2.41 bits per heavy atom. The zero-order valence-corrected chi connectivity index (χ0v) is 10.2. The minimum absolute atomic E-state index is 0.0266. The van der Waals surface area contributed by atoms with Crippen molar-refractivity contribution < 1.29 is 17.9 Å². The number of ether oxygens (including phenoxy) is 1. The number of sulfonamides is 1. The number of carbonyl (C=O) groups excluding carboxylic acids is 1. The molecule has 92 valence electrons. The van der Waals surface area contributed by atoms with E-state index < -0.39 is 21.6 Å². The highest BCUT2D eigenvalue weighted by molar-refractivity contribution is 7.89. The molecule has 2 rings (SSSR count). The molecule has 1 aromatic rings. The average molecular weight is 255 g/mol. The number of hydrogen-bond acceptors (Lipinski definition) is 4. The van der Waals surface area contributed by atoms with E-state index in [9.17, 15) is 13.2 Å². The molecular formula is C11H13NO4S. The van der Waals surface area contributed by atoms with Gasteiger partial charge in [-0.05, 0) is 18.9 Å². The monoisotopic (exact) mass is 255 g/mol. The van der Waals surface area contributed by atoms with Crippen LogP contribution in [-0.4, -0.2) is 14.4 Å². The van der Waals surface area contributed by atoms with Gasteiger partial charge in [-0.1, -0.05) is 18.2 Å². The zero-order valence-electron chi connectivity index (χ0n) is 9.34. The van der Waals surface area contributed by atoms with Crippen molar-refractivity contribution in [1.29, 1.82) is 0 Å². The van der Waals surface area contributed by atoms with E-state index in [1.165, 1.54) is 13.0 Å². The van der Waals surface area contributed by atoms with E-state index in [1.54, 1.807) is 18.2 Å². The van der Waals surface area contributed by atoms with Crippen LogP contribution in [-0.2, 0) is 25.2 Å². The van der Waals surface area contributed by atoms with Crippen LogP contribution in [0.4, 0.5) is 0 Å². The van der Waals surface area contributed by atoms with E-state index in [1.807, 2.05) is 0 Å². The summed E-state index contributed by atoms with van der Waals surface area (Å²) in [6, 6.07) is 6.35. The molecule has 1 fully saturated rings. The lowest BCUT2D eigenvalue weighted by molar-refractivity contribution is -0.149. The number of rotatable bonds is 3. The molecule has 0 bridgehead atoms. The fraction of sp³-hybridized carbons (Fsp3) is 0.364. The Kier molecular flexibility index (Phi) is 2.71. The first-order valence-corrected chi connectivity index (χ1v) is 6.72. The quantitative estimate of drug-likeness (QED) is 0.812. The molecule has 0 aliphatic heterocycles. The first-order chi connectivity index (χ1) is 7.85. The van der Waals surface area contributed by atoms with Crippen molar-refractivity contribution in [2.75, 3.05) is 0 Å². The van der Waals surface area contributed by atoms with Crippen molar-refractivity contribution in [3.63, 3.8) is 0 Å². The molecule has 0 amide bonds. The van der Waals surface area contributed by atoms with Gasteiger partial charge in [0.25, 0.3) is 0 Å². The van der Waals surface area contributed by atoms with Gasteiger partial charge in [0.15, 0.2) is 0 Å². The van der Waals surface area contributed by atoms with E-state index in [0.717, 1.165) is 0 Å². The summed E-state index contributed by atoms with van der Waals surface area (Å²) in [6.45, 7) is 1.31. The average Bonchev–Trinajstić information content (AvgIpc) is 2.97. The van der Waals surface area contributed by atoms with E-state index >= 15 is 0 Å². The third kappa shape index (κ3) is 2.32. The van der Waals surface area contributed by atoms with E-state index in [-0.39, 0.29) is 4.90 Å². The predicted octanol–water partition coefficient (Wildman–Crippen LogP) is 0.886. The Morgan fingerprint density at radius 1 is 1.35 bits per heavy atom. The standard InChI is InChI=1S/C11H13NO4S/c1-8(13)16-11(6-7-11)9-4-2-3-5-10(9)17(12,14)15/h2-5H,6-7H2,1H3,(H2,12,14,15). The first kappa shape index (κ1) is 12.1. The molecule has 0 saturated heterocycles. The van der Waals surface area contributed by atoms with Gasteiger partial charge in [0.05, 0.1) is 4.90 Å². The highest BCUT2D eigenvalue weighted by atomic mass is 32.2. The number of benzene rings is 1. The lowest BCUT2D eigenvalue weighted by Gasteiger charge is -2.18. The fourth-order valence-electron chi connectivity index (χ4n) is 1.91. The molecule has 0 radical (unpaired) electrons. The molecule has 6 heteroatoms. The summed E-state index contributed by atoms with van der Waals surface area (Å²) >= 11 is 0. The molecule has 0 aromatic heterocycles. The summed E-state index contributed by atoms with van der Waals surface area (Å²) in [5, 5.41) is 5.14. The van der Waals surface area contributed by atoms with Crippen LogP contribution in [0.25, 0.3) is 0 Å². The van der Waals surface area contributed by atoms with Crippen LogP contribution < -0.4 is 5.14 Å². The minimum Gasteiger partial charge on any atom is -0.454 e. The van der Waals surface area contributed by atoms with Crippen molar-refractivity contribution in [2.24, 2.45) is 5.14 Å². The molecule has 1 aliphatic rings. The Balaban J connectivity index is 2.50. The normalized spacial score (nSPS) is 17.5. The second-order valence-corrected chi connectivity index (χ2v) is 5.66. The highest BCUT2D eigenvalue weighted by Gasteiger charge is 2.50. The van der Waals surface area contributed by atoms with Gasteiger partial charge in [-0.3, -0.25) is 4.79 Å². The highest BCUT2D eigenvalue weighted by Crippen LogP contribution is 2.51. The van der Waals surface area contributed by atoms with Gasteiger partial charge in [0, 0.05) is 12.5 Å². The molecular weight excluding hydrogens is 242 g/mol. The summed E-state index contributed by atoms with van der Waals surface area (Å²) in [6.07, 6.45) is 1.25. The number of primary sulfonamides is 1. The summed E-state index contributed by atoms with van der Waals surface area (Å²) in [7, 11) is -3.80. The topological polar surface area (TPSA) is 86.5 Å². The molecule has 17 heavy (non-hydrogen) atoms. The second-order valence-electron chi connectivity index (χ2n) is 4.13. The minimum atomic E-state index is -3.80. The van der Waals surface area contributed by atoms with Crippen LogP contribution in [0, 0.1) is 0 Å². The summed E-state index contributed by atoms with van der Waals surface area (Å²) in [5.74, 6) is -0.424. The Morgan fingerprint density at radius 2 is 1.94 bits per heavy atom. The third-order valence-electron chi connectivity index (χ3n) is 2.73. The van der Waals surface area contributed by atoms with E-state index in [4.69, 9.17) is 9.88 Å². The Bertz CT molecular complexity index is 561. The third-order valence-corrected chi connectivity index (χ3v) is 3.70. The fourth-order valence-corrected chi connectivity index (χ4v) is 2.73. The maximum absolute atomic E-state index is 11.5. The van der Waals surface area contributed by atoms with Crippen molar-refractivity contribution >= 4 is 16.0 Å². The Hall–Kier alpha value is -1.40. The van der Waals surface area contributed by atoms with Crippen LogP contribution in [0.5, 0.6) is 0 Å². The number of hydrogen-bond donors (Lipinski definition) is 1. The van der Waals surface area contributed by atoms with Gasteiger partial charge in [-0.15, -0.1) is 0 Å². The molecule has 5 nitrogen and oxygen atoms in total. The summed E-state index contributed by atoms with van der Waals surface area (Å²) in [4.78, 5) is 11.1. The van der Waals surface area contributed by atoms with Gasteiger partial charge < -0.3 is 4.74 Å². The lowest BCUT2D eigenvalue weighted by Crippen LogP contribution is -2.22. The molecule has 0 atom stereocenters. The molecule has 0 unspecified atom stereocenters. The second kappa shape index (κ2) is 3.82. The molecule has 2 N–H and O–H groups in total. The van der Waals surface area contributed by atoms with E-state index in [0.29, 0.717) is 18.4 Å². The van der Waals surface area contributed by atoms with Crippen molar-refractivity contribution in [1.82, 2.24) is 0 Å². The molecule has 1 aliphatic carbocycles. The van der Waals surface area contributed by atoms with Gasteiger partial charge >= 0.3 is 5.97 Å². The Labute approximate surface area is 99.6 Å². The summed E-state index contributed by atoms with van der Waals surface area (Å²) in [5.41, 5.74) is -0.327. The van der Waals surface area contributed by atoms with Crippen molar-refractivity contribution in [3.8, 4) is 0 Å². The van der Waals surface area contributed by atoms with Crippen molar-refractivity contribution in [3.05, 3.63) is 29.8 Å². The molecule has 0 spiro atoms. The molecule has 0 heterocycles. The molecule has 1 aromatic carbocycles. The van der Waals surface area contributed by atoms with Crippen LogP contribution in [0.3, 0.4) is 0 Å². The van der Waals surface area contributed by atoms with Crippen molar-refractivity contribution in [2.45, 2.75) is 30.3 Å². The smallest absolute Gasteiger partial charge is 0.303 e.